The average Bonchev–Trinajstić information content (AvgIpc) is 3.03. The number of amides is 2. The maximum absolute atomic E-state index is 12.1. The third kappa shape index (κ3) is 3.04. The van der Waals surface area contributed by atoms with E-state index in [1.807, 2.05) is 49.4 Å². The van der Waals surface area contributed by atoms with Gasteiger partial charge in [0, 0.05) is 13.1 Å². The summed E-state index contributed by atoms with van der Waals surface area (Å²) in [6.07, 6.45) is -0.364. The van der Waals surface area contributed by atoms with Crippen molar-refractivity contribution in [1.82, 2.24) is 9.80 Å². The van der Waals surface area contributed by atoms with Crippen molar-refractivity contribution in [2.45, 2.75) is 25.4 Å². The quantitative estimate of drug-likeness (QED) is 0.665. The van der Waals surface area contributed by atoms with Crippen LogP contribution in [-0.2, 0) is 0 Å². The zero-order valence-corrected chi connectivity index (χ0v) is 14.1. The van der Waals surface area contributed by atoms with Gasteiger partial charge in [0.15, 0.2) is 0 Å². The van der Waals surface area contributed by atoms with Crippen molar-refractivity contribution in [1.29, 1.82) is 0 Å². The summed E-state index contributed by atoms with van der Waals surface area (Å²) in [5.41, 5.74) is 1.01. The second-order valence-corrected chi connectivity index (χ2v) is 6.40. The molecule has 126 valence electrons. The summed E-state index contributed by atoms with van der Waals surface area (Å²) in [6.45, 7) is 2.65. The number of carboxylic acid groups (broad SMARTS) is 1. The molecule has 3 rings (SSSR count). The van der Waals surface area contributed by atoms with E-state index in [1.54, 1.807) is 4.90 Å². The molecule has 1 N–H and O–H groups in total. The number of nitrogens with zero attached hydrogens (tertiary/aromatic N) is 2. The molecule has 2 amide bonds. The minimum absolute atomic E-state index is 0.208. The summed E-state index contributed by atoms with van der Waals surface area (Å²) < 4.78 is 0. The number of fused-ring (bicyclic) bond motifs is 1. The summed E-state index contributed by atoms with van der Waals surface area (Å²) in [5.74, 6) is 0. The number of hydrogen-bond donors (Lipinski definition) is 1. The van der Waals surface area contributed by atoms with Crippen LogP contribution in [0.3, 0.4) is 0 Å². The van der Waals surface area contributed by atoms with E-state index in [0.29, 0.717) is 19.5 Å². The second-order valence-electron chi connectivity index (χ2n) is 6.08. The van der Waals surface area contributed by atoms with Gasteiger partial charge in [-0.1, -0.05) is 42.5 Å². The Kier molecular flexibility index (Phi) is 4.62. The van der Waals surface area contributed by atoms with Crippen LogP contribution in [0, 0.1) is 0 Å². The topological polar surface area (TPSA) is 60.9 Å². The third-order valence-corrected chi connectivity index (χ3v) is 4.92. The van der Waals surface area contributed by atoms with Crippen LogP contribution in [0.25, 0.3) is 10.8 Å². The van der Waals surface area contributed by atoms with Gasteiger partial charge in [0.25, 0.3) is 0 Å². The highest BCUT2D eigenvalue weighted by Gasteiger charge is 2.35. The van der Waals surface area contributed by atoms with Crippen molar-refractivity contribution in [3.63, 3.8) is 0 Å². The molecule has 2 atom stereocenters. The maximum Gasteiger partial charge on any atom is 0.407 e. The molecule has 5 nitrogen and oxygen atoms in total. The highest BCUT2D eigenvalue weighted by atomic mass is 35.5. The Balaban J connectivity index is 1.94. The number of likely N-dealkylation sites (tertiary alicyclic amines) is 1. The molecule has 2 aromatic rings. The number of rotatable bonds is 3. The molecule has 1 saturated heterocycles. The summed E-state index contributed by atoms with van der Waals surface area (Å²) in [4.78, 5) is 26.2. The minimum atomic E-state index is -0.961. The van der Waals surface area contributed by atoms with Gasteiger partial charge < -0.3 is 14.9 Å². The SMILES string of the molecule is C[C@H](c1cccc2ccccc12)N(C(=O)Cl)[C@H]1CCN(C(=O)O)C1. The molecule has 6 heteroatoms. The summed E-state index contributed by atoms with van der Waals surface area (Å²) in [7, 11) is 0. The zero-order chi connectivity index (χ0) is 17.3. The normalized spacial score (nSPS) is 18.6. The molecule has 0 spiro atoms. The van der Waals surface area contributed by atoms with Gasteiger partial charge in [0.2, 0.25) is 0 Å². The Morgan fingerprint density at radius 2 is 1.96 bits per heavy atom. The fourth-order valence-electron chi connectivity index (χ4n) is 3.52. The first-order valence-electron chi connectivity index (χ1n) is 7.92. The molecule has 1 aliphatic rings. The highest BCUT2D eigenvalue weighted by Crippen LogP contribution is 2.32. The van der Waals surface area contributed by atoms with E-state index in [1.165, 1.54) is 4.90 Å². The number of benzene rings is 2. The van der Waals surface area contributed by atoms with Crippen LogP contribution < -0.4 is 0 Å². The lowest BCUT2D eigenvalue weighted by molar-refractivity contribution is 0.144. The van der Waals surface area contributed by atoms with E-state index in [4.69, 9.17) is 16.7 Å². The molecular weight excluding hydrogens is 328 g/mol. The first-order chi connectivity index (χ1) is 11.5. The van der Waals surface area contributed by atoms with Crippen LogP contribution in [0.1, 0.15) is 24.9 Å². The number of carbonyl (C=O) groups excluding carboxylic acids is 1. The second kappa shape index (κ2) is 6.69. The first-order valence-corrected chi connectivity index (χ1v) is 8.30. The molecule has 0 aromatic heterocycles. The van der Waals surface area contributed by atoms with E-state index in [9.17, 15) is 9.59 Å². The Hall–Kier alpha value is -2.27. The lowest BCUT2D eigenvalue weighted by atomic mass is 9.98. The molecule has 0 saturated carbocycles. The molecule has 1 aliphatic heterocycles. The molecule has 0 unspecified atom stereocenters. The van der Waals surface area contributed by atoms with Crippen molar-refractivity contribution in [2.75, 3.05) is 13.1 Å². The molecule has 24 heavy (non-hydrogen) atoms. The fourth-order valence-corrected chi connectivity index (χ4v) is 3.80. The molecule has 1 fully saturated rings. The van der Waals surface area contributed by atoms with Gasteiger partial charge in [-0.15, -0.1) is 0 Å². The Morgan fingerprint density at radius 3 is 2.62 bits per heavy atom. The summed E-state index contributed by atoms with van der Waals surface area (Å²) in [6, 6.07) is 13.5. The maximum atomic E-state index is 12.1. The third-order valence-electron chi connectivity index (χ3n) is 4.72. The number of hydrogen-bond acceptors (Lipinski definition) is 2. The van der Waals surface area contributed by atoms with E-state index in [-0.39, 0.29) is 12.1 Å². The summed E-state index contributed by atoms with van der Waals surface area (Å²) in [5, 5.41) is 10.8. The lowest BCUT2D eigenvalue weighted by Gasteiger charge is -2.33. The van der Waals surface area contributed by atoms with Gasteiger partial charge in [-0.25, -0.2) is 4.79 Å². The Labute approximate surface area is 145 Å². The van der Waals surface area contributed by atoms with Gasteiger partial charge in [0.1, 0.15) is 0 Å². The zero-order valence-electron chi connectivity index (χ0n) is 13.4. The predicted octanol–water partition coefficient (Wildman–Crippen LogP) is 4.31. The molecule has 0 aliphatic carbocycles. The number of carbonyl (C=O) groups is 2. The summed E-state index contributed by atoms with van der Waals surface area (Å²) >= 11 is 5.87. The lowest BCUT2D eigenvalue weighted by Crippen LogP contribution is -2.41. The van der Waals surface area contributed by atoms with Gasteiger partial charge >= 0.3 is 11.5 Å². The molecule has 2 aromatic carbocycles. The van der Waals surface area contributed by atoms with Gasteiger partial charge in [-0.2, -0.15) is 0 Å². The van der Waals surface area contributed by atoms with Crippen molar-refractivity contribution < 1.29 is 14.7 Å². The minimum Gasteiger partial charge on any atom is -0.465 e. The van der Waals surface area contributed by atoms with Crippen LogP contribution in [-0.4, -0.2) is 45.5 Å². The van der Waals surface area contributed by atoms with E-state index in [0.717, 1.165) is 16.3 Å². The molecule has 1 heterocycles. The van der Waals surface area contributed by atoms with E-state index < -0.39 is 11.5 Å². The van der Waals surface area contributed by atoms with E-state index in [2.05, 4.69) is 0 Å². The molecule has 0 radical (unpaired) electrons. The van der Waals surface area contributed by atoms with Gasteiger partial charge in [-0.3, -0.25) is 4.79 Å². The van der Waals surface area contributed by atoms with Gasteiger partial charge in [0.05, 0.1) is 12.1 Å². The molecule has 0 bridgehead atoms. The number of halogens is 1. The first kappa shape index (κ1) is 16.6. The van der Waals surface area contributed by atoms with Crippen molar-refractivity contribution in [2.24, 2.45) is 0 Å². The molecular formula is C18H19ClN2O3. The largest absolute Gasteiger partial charge is 0.465 e. The monoisotopic (exact) mass is 346 g/mol. The fraction of sp³-hybridized carbons (Fsp3) is 0.333. The van der Waals surface area contributed by atoms with Crippen LogP contribution in [0.2, 0.25) is 0 Å². The van der Waals surface area contributed by atoms with Crippen molar-refractivity contribution >= 4 is 33.8 Å². The average molecular weight is 347 g/mol. The van der Waals surface area contributed by atoms with Crippen LogP contribution in [0.15, 0.2) is 42.5 Å². The Morgan fingerprint density at radius 1 is 1.25 bits per heavy atom. The smallest absolute Gasteiger partial charge is 0.407 e. The predicted molar refractivity (Wildman–Crippen MR) is 93.5 cm³/mol. The highest BCUT2D eigenvalue weighted by molar-refractivity contribution is 6.62. The van der Waals surface area contributed by atoms with Crippen LogP contribution >= 0.6 is 11.6 Å². The van der Waals surface area contributed by atoms with Crippen molar-refractivity contribution in [3.05, 3.63) is 48.0 Å². The standard InChI is InChI=1S/C18H19ClN2O3/c1-12(15-8-4-6-13-5-2-3-7-16(13)15)21(17(19)22)14-9-10-20(11-14)18(23)24/h2-8,12,14H,9-11H2,1H3,(H,23,24)/t12-,14+/m1/s1. The van der Waals surface area contributed by atoms with E-state index >= 15 is 0 Å². The van der Waals surface area contributed by atoms with Crippen molar-refractivity contribution in [3.8, 4) is 0 Å². The van der Waals surface area contributed by atoms with Crippen LogP contribution in [0.4, 0.5) is 9.59 Å². The van der Waals surface area contributed by atoms with Gasteiger partial charge in [-0.05, 0) is 41.3 Å². The Bertz CT molecular complexity index is 774. The van der Waals surface area contributed by atoms with Crippen LogP contribution in [0.5, 0.6) is 0 Å².